The van der Waals surface area contributed by atoms with Crippen molar-refractivity contribution in [2.75, 3.05) is 12.9 Å². The summed E-state index contributed by atoms with van der Waals surface area (Å²) in [5.41, 5.74) is 0.613. The molecule has 2 N–H and O–H groups in total. The van der Waals surface area contributed by atoms with E-state index in [1.54, 1.807) is 6.92 Å². The van der Waals surface area contributed by atoms with E-state index in [-0.39, 0.29) is 18.8 Å². The summed E-state index contributed by atoms with van der Waals surface area (Å²) in [5.74, 6) is -0.551. The van der Waals surface area contributed by atoms with Crippen molar-refractivity contribution in [1.82, 2.24) is 14.9 Å². The van der Waals surface area contributed by atoms with Gasteiger partial charge in [0.05, 0.1) is 19.1 Å². The molecule has 1 aromatic rings. The van der Waals surface area contributed by atoms with Gasteiger partial charge in [0.2, 0.25) is 10.0 Å². The minimum Gasteiger partial charge on any atom is -0.461 e. The van der Waals surface area contributed by atoms with Crippen LogP contribution in [0.5, 0.6) is 0 Å². The highest BCUT2D eigenvalue weighted by molar-refractivity contribution is 7.88. The summed E-state index contributed by atoms with van der Waals surface area (Å²) in [6, 6.07) is 0. The Morgan fingerprint density at radius 1 is 1.62 bits per heavy atom. The molecule has 7 nitrogen and oxygen atoms in total. The van der Waals surface area contributed by atoms with E-state index in [4.69, 9.17) is 4.74 Å². The number of esters is 1. The number of hydrogen-bond donors (Lipinski definition) is 2. The maximum Gasteiger partial charge on any atom is 0.356 e. The number of ether oxygens (including phenoxy) is 1. The molecule has 0 saturated carbocycles. The van der Waals surface area contributed by atoms with Crippen LogP contribution in [0.3, 0.4) is 0 Å². The van der Waals surface area contributed by atoms with E-state index in [1.165, 1.54) is 6.20 Å². The first kappa shape index (κ1) is 12.7. The van der Waals surface area contributed by atoms with Crippen molar-refractivity contribution < 1.29 is 17.9 Å². The molecule has 0 aliphatic heterocycles. The molecule has 8 heteroatoms. The van der Waals surface area contributed by atoms with Crippen LogP contribution in [-0.4, -0.2) is 37.4 Å². The van der Waals surface area contributed by atoms with Crippen molar-refractivity contribution in [2.24, 2.45) is 0 Å². The SMILES string of the molecule is CCOC(=O)c1[nH]ncc1CNS(C)(=O)=O. The highest BCUT2D eigenvalue weighted by Crippen LogP contribution is 2.06. The fraction of sp³-hybridized carbons (Fsp3) is 0.500. The summed E-state index contributed by atoms with van der Waals surface area (Å²) in [6.45, 7) is 1.93. The zero-order valence-corrected chi connectivity index (χ0v) is 9.80. The lowest BCUT2D eigenvalue weighted by Crippen LogP contribution is -2.22. The van der Waals surface area contributed by atoms with Crippen molar-refractivity contribution >= 4 is 16.0 Å². The van der Waals surface area contributed by atoms with Crippen LogP contribution in [0.2, 0.25) is 0 Å². The molecule has 0 saturated heterocycles. The maximum absolute atomic E-state index is 11.4. The van der Waals surface area contributed by atoms with Gasteiger partial charge in [0.25, 0.3) is 0 Å². The van der Waals surface area contributed by atoms with Crippen LogP contribution in [0, 0.1) is 0 Å². The number of H-pyrrole nitrogens is 1. The third-order valence-corrected chi connectivity index (χ3v) is 2.39. The van der Waals surface area contributed by atoms with E-state index < -0.39 is 16.0 Å². The van der Waals surface area contributed by atoms with Gasteiger partial charge in [0.15, 0.2) is 0 Å². The Balaban J connectivity index is 2.75. The quantitative estimate of drug-likeness (QED) is 0.692. The Labute approximate surface area is 93.2 Å². The molecule has 0 aliphatic rings. The van der Waals surface area contributed by atoms with Gasteiger partial charge in [-0.25, -0.2) is 17.9 Å². The van der Waals surface area contributed by atoms with Crippen molar-refractivity contribution in [3.05, 3.63) is 17.5 Å². The Hall–Kier alpha value is -1.41. The lowest BCUT2D eigenvalue weighted by molar-refractivity contribution is 0.0518. The fourth-order valence-corrected chi connectivity index (χ4v) is 1.45. The Morgan fingerprint density at radius 2 is 2.31 bits per heavy atom. The van der Waals surface area contributed by atoms with E-state index >= 15 is 0 Å². The van der Waals surface area contributed by atoms with Crippen molar-refractivity contribution in [2.45, 2.75) is 13.5 Å². The first-order valence-corrected chi connectivity index (χ1v) is 6.47. The maximum atomic E-state index is 11.4. The zero-order chi connectivity index (χ0) is 12.2. The minimum atomic E-state index is -3.30. The second kappa shape index (κ2) is 5.08. The summed E-state index contributed by atoms with van der Waals surface area (Å²) in [7, 11) is -3.30. The molecule has 0 unspecified atom stereocenters. The summed E-state index contributed by atoms with van der Waals surface area (Å²) < 4.78 is 28.8. The first-order chi connectivity index (χ1) is 7.44. The predicted octanol–water partition coefficient (Wildman–Crippen LogP) is -0.364. The largest absolute Gasteiger partial charge is 0.461 e. The fourth-order valence-electron chi connectivity index (χ4n) is 1.03. The smallest absolute Gasteiger partial charge is 0.356 e. The Bertz CT molecular complexity index is 465. The third kappa shape index (κ3) is 3.63. The standard InChI is InChI=1S/C8H13N3O4S/c1-3-15-8(12)7-6(4-9-11-7)5-10-16(2,13)14/h4,10H,3,5H2,1-2H3,(H,9,11). The van der Waals surface area contributed by atoms with E-state index in [1.807, 2.05) is 0 Å². The molecule has 1 heterocycles. The van der Waals surface area contributed by atoms with Crippen LogP contribution in [-0.2, 0) is 21.3 Å². The van der Waals surface area contributed by atoms with Gasteiger partial charge in [-0.15, -0.1) is 0 Å². The molecule has 1 aromatic heterocycles. The van der Waals surface area contributed by atoms with Gasteiger partial charge in [0.1, 0.15) is 5.69 Å². The van der Waals surface area contributed by atoms with Crippen LogP contribution in [0.25, 0.3) is 0 Å². The predicted molar refractivity (Wildman–Crippen MR) is 56.2 cm³/mol. The number of carbonyl (C=O) groups excluding carboxylic acids is 1. The molecule has 90 valence electrons. The summed E-state index contributed by atoms with van der Waals surface area (Å²) >= 11 is 0. The highest BCUT2D eigenvalue weighted by Gasteiger charge is 2.15. The minimum absolute atomic E-state index is 0.00345. The van der Waals surface area contributed by atoms with Crippen molar-refractivity contribution in [3.63, 3.8) is 0 Å². The number of aromatic nitrogens is 2. The van der Waals surface area contributed by atoms with E-state index in [0.29, 0.717) is 5.56 Å². The Morgan fingerprint density at radius 3 is 2.88 bits per heavy atom. The topological polar surface area (TPSA) is 101 Å². The van der Waals surface area contributed by atoms with E-state index in [9.17, 15) is 13.2 Å². The molecule has 0 aromatic carbocycles. The third-order valence-electron chi connectivity index (χ3n) is 1.72. The van der Waals surface area contributed by atoms with Gasteiger partial charge in [-0.05, 0) is 6.92 Å². The van der Waals surface area contributed by atoms with E-state index in [0.717, 1.165) is 6.26 Å². The van der Waals surface area contributed by atoms with Gasteiger partial charge in [-0.2, -0.15) is 5.10 Å². The van der Waals surface area contributed by atoms with Gasteiger partial charge in [-0.3, -0.25) is 5.10 Å². The monoisotopic (exact) mass is 247 g/mol. The zero-order valence-electron chi connectivity index (χ0n) is 8.98. The van der Waals surface area contributed by atoms with Gasteiger partial charge in [0, 0.05) is 12.1 Å². The van der Waals surface area contributed by atoms with Crippen LogP contribution in [0.15, 0.2) is 6.20 Å². The molecule has 1 rings (SSSR count). The van der Waals surface area contributed by atoms with E-state index in [2.05, 4.69) is 14.9 Å². The number of nitrogens with zero attached hydrogens (tertiary/aromatic N) is 1. The van der Waals surface area contributed by atoms with Crippen molar-refractivity contribution in [3.8, 4) is 0 Å². The Kier molecular flexibility index (Phi) is 4.02. The highest BCUT2D eigenvalue weighted by atomic mass is 32.2. The molecule has 0 bridgehead atoms. The summed E-state index contributed by atoms with van der Waals surface area (Å²) in [6.07, 6.45) is 2.42. The van der Waals surface area contributed by atoms with Crippen molar-refractivity contribution in [1.29, 1.82) is 0 Å². The van der Waals surface area contributed by atoms with Crippen LogP contribution < -0.4 is 4.72 Å². The normalized spacial score (nSPS) is 11.4. The molecule has 0 fully saturated rings. The van der Waals surface area contributed by atoms with Gasteiger partial charge < -0.3 is 4.74 Å². The van der Waals surface area contributed by atoms with Gasteiger partial charge in [-0.1, -0.05) is 0 Å². The van der Waals surface area contributed by atoms with Crippen LogP contribution in [0.4, 0.5) is 0 Å². The lowest BCUT2D eigenvalue weighted by atomic mass is 10.2. The molecule has 0 atom stereocenters. The first-order valence-electron chi connectivity index (χ1n) is 4.58. The molecule has 0 amide bonds. The van der Waals surface area contributed by atoms with Crippen LogP contribution in [0.1, 0.15) is 23.0 Å². The second-order valence-corrected chi connectivity index (χ2v) is 4.92. The number of nitrogens with one attached hydrogen (secondary N) is 2. The summed E-state index contributed by atoms with van der Waals surface area (Å²) in [4.78, 5) is 11.4. The molecule has 16 heavy (non-hydrogen) atoms. The average Bonchev–Trinajstić information content (AvgIpc) is 2.61. The molecular weight excluding hydrogens is 234 g/mol. The second-order valence-electron chi connectivity index (χ2n) is 3.08. The lowest BCUT2D eigenvalue weighted by Gasteiger charge is -2.03. The number of carbonyl (C=O) groups is 1. The molecule has 0 radical (unpaired) electrons. The average molecular weight is 247 g/mol. The van der Waals surface area contributed by atoms with Gasteiger partial charge >= 0.3 is 5.97 Å². The van der Waals surface area contributed by atoms with Crippen LogP contribution >= 0.6 is 0 Å². The summed E-state index contributed by atoms with van der Waals surface area (Å²) in [5, 5.41) is 6.13. The number of hydrogen-bond acceptors (Lipinski definition) is 5. The number of rotatable bonds is 5. The molecule has 0 aliphatic carbocycles. The number of aromatic amines is 1. The molecular formula is C8H13N3O4S. The number of sulfonamides is 1. The molecule has 0 spiro atoms.